The van der Waals surface area contributed by atoms with E-state index < -0.39 is 0 Å². The van der Waals surface area contributed by atoms with Crippen molar-refractivity contribution in [3.8, 4) is 0 Å². The fourth-order valence-electron chi connectivity index (χ4n) is 2.60. The van der Waals surface area contributed by atoms with Crippen molar-refractivity contribution in [1.82, 2.24) is 4.90 Å². The van der Waals surface area contributed by atoms with Crippen LogP contribution >= 0.6 is 0 Å². The topological polar surface area (TPSA) is 78.5 Å². The van der Waals surface area contributed by atoms with Crippen LogP contribution in [0.5, 0.6) is 0 Å². The predicted octanol–water partition coefficient (Wildman–Crippen LogP) is 2.23. The molecule has 2 rings (SSSR count). The Balaban J connectivity index is 1.89. The first-order valence-corrected chi connectivity index (χ1v) is 7.96. The quantitative estimate of drug-likeness (QED) is 0.844. The first kappa shape index (κ1) is 17.0. The minimum atomic E-state index is -0.297. The van der Waals surface area contributed by atoms with Crippen molar-refractivity contribution in [3.05, 3.63) is 24.3 Å². The molecule has 1 fully saturated rings. The molecular weight excluding hydrogens is 294 g/mol. The summed E-state index contributed by atoms with van der Waals surface area (Å²) in [4.78, 5) is 36.9. The van der Waals surface area contributed by atoms with Crippen molar-refractivity contribution in [2.24, 2.45) is 5.92 Å². The van der Waals surface area contributed by atoms with Gasteiger partial charge in [-0.1, -0.05) is 13.3 Å². The van der Waals surface area contributed by atoms with Crippen molar-refractivity contribution < 1.29 is 14.4 Å². The smallest absolute Gasteiger partial charge is 0.229 e. The fraction of sp³-hybridized carbons (Fsp3) is 0.471. The zero-order valence-electron chi connectivity index (χ0n) is 13.6. The summed E-state index contributed by atoms with van der Waals surface area (Å²) in [6.45, 7) is 4.74. The lowest BCUT2D eigenvalue weighted by atomic mass is 10.1. The number of carbonyl (C=O) groups is 3. The number of hydrogen-bond acceptors (Lipinski definition) is 3. The third kappa shape index (κ3) is 4.81. The van der Waals surface area contributed by atoms with Gasteiger partial charge in [0.2, 0.25) is 17.7 Å². The van der Waals surface area contributed by atoms with E-state index in [1.165, 1.54) is 6.92 Å². The molecule has 0 aromatic heterocycles. The molecule has 2 N–H and O–H groups in total. The van der Waals surface area contributed by atoms with E-state index in [1.54, 1.807) is 29.2 Å². The summed E-state index contributed by atoms with van der Waals surface area (Å²) in [6, 6.07) is 6.92. The van der Waals surface area contributed by atoms with Crippen LogP contribution in [0.15, 0.2) is 24.3 Å². The molecule has 6 nitrogen and oxygen atoms in total. The molecule has 1 atom stereocenters. The number of likely N-dealkylation sites (tertiary alicyclic amines) is 1. The van der Waals surface area contributed by atoms with Crippen LogP contribution in [0.1, 0.15) is 33.1 Å². The first-order valence-electron chi connectivity index (χ1n) is 7.96. The van der Waals surface area contributed by atoms with Crippen LogP contribution in [-0.4, -0.2) is 35.7 Å². The number of benzene rings is 1. The third-order valence-corrected chi connectivity index (χ3v) is 3.84. The van der Waals surface area contributed by atoms with Gasteiger partial charge < -0.3 is 15.5 Å². The van der Waals surface area contributed by atoms with Gasteiger partial charge in [0.1, 0.15) is 0 Å². The van der Waals surface area contributed by atoms with E-state index in [-0.39, 0.29) is 30.1 Å². The number of nitrogens with one attached hydrogen (secondary N) is 2. The second-order valence-electron chi connectivity index (χ2n) is 5.84. The summed E-state index contributed by atoms with van der Waals surface area (Å²) >= 11 is 0. The summed E-state index contributed by atoms with van der Waals surface area (Å²) in [6.07, 6.45) is 2.27. The second kappa shape index (κ2) is 7.76. The van der Waals surface area contributed by atoms with Crippen LogP contribution < -0.4 is 10.6 Å². The van der Waals surface area contributed by atoms with Gasteiger partial charge in [-0.25, -0.2) is 0 Å². The lowest BCUT2D eigenvalue weighted by Crippen LogP contribution is -2.29. The Morgan fingerprint density at radius 3 is 2.35 bits per heavy atom. The minimum absolute atomic E-state index is 0.0552. The molecule has 1 aliphatic heterocycles. The molecule has 0 aliphatic carbocycles. The molecule has 1 unspecified atom stereocenters. The Morgan fingerprint density at radius 1 is 1.17 bits per heavy atom. The maximum Gasteiger partial charge on any atom is 0.229 e. The van der Waals surface area contributed by atoms with Gasteiger partial charge in [-0.2, -0.15) is 0 Å². The van der Waals surface area contributed by atoms with Crippen molar-refractivity contribution >= 4 is 29.1 Å². The van der Waals surface area contributed by atoms with E-state index in [0.717, 1.165) is 19.4 Å². The number of unbranched alkanes of at least 4 members (excludes halogenated alkanes) is 1. The highest BCUT2D eigenvalue weighted by molar-refractivity contribution is 5.97. The van der Waals surface area contributed by atoms with Crippen LogP contribution in [0.3, 0.4) is 0 Å². The minimum Gasteiger partial charge on any atom is -0.342 e. The largest absolute Gasteiger partial charge is 0.342 e. The Hall–Kier alpha value is -2.37. The molecule has 1 saturated heterocycles. The lowest BCUT2D eigenvalue weighted by Gasteiger charge is -2.16. The maximum absolute atomic E-state index is 12.3. The third-order valence-electron chi connectivity index (χ3n) is 3.84. The summed E-state index contributed by atoms with van der Waals surface area (Å²) in [5.41, 5.74) is 1.33. The first-order chi connectivity index (χ1) is 11.0. The van der Waals surface area contributed by atoms with E-state index in [1.807, 2.05) is 0 Å². The molecule has 1 heterocycles. The molecule has 0 radical (unpaired) electrons. The summed E-state index contributed by atoms with van der Waals surface area (Å²) in [7, 11) is 0. The number of rotatable bonds is 6. The molecule has 0 bridgehead atoms. The average Bonchev–Trinajstić information content (AvgIpc) is 2.88. The van der Waals surface area contributed by atoms with Crippen LogP contribution in [0.2, 0.25) is 0 Å². The van der Waals surface area contributed by atoms with Crippen molar-refractivity contribution in [1.29, 1.82) is 0 Å². The van der Waals surface area contributed by atoms with Crippen molar-refractivity contribution in [3.63, 3.8) is 0 Å². The molecular formula is C17H23N3O3. The van der Waals surface area contributed by atoms with Gasteiger partial charge in [-0.15, -0.1) is 0 Å². The number of amides is 3. The summed E-state index contributed by atoms with van der Waals surface area (Å²) < 4.78 is 0. The zero-order chi connectivity index (χ0) is 16.8. The average molecular weight is 317 g/mol. The summed E-state index contributed by atoms with van der Waals surface area (Å²) in [5.74, 6) is -0.517. The Bertz CT molecular complexity index is 583. The number of hydrogen-bond donors (Lipinski definition) is 2. The van der Waals surface area contributed by atoms with Crippen molar-refractivity contribution in [2.75, 3.05) is 23.7 Å². The van der Waals surface area contributed by atoms with Gasteiger partial charge in [0, 0.05) is 37.8 Å². The van der Waals surface area contributed by atoms with Gasteiger partial charge in [-0.05, 0) is 30.7 Å². The van der Waals surface area contributed by atoms with Crippen molar-refractivity contribution in [2.45, 2.75) is 33.1 Å². The predicted molar refractivity (Wildman–Crippen MR) is 89.0 cm³/mol. The molecule has 23 heavy (non-hydrogen) atoms. The maximum atomic E-state index is 12.3. The van der Waals surface area contributed by atoms with Gasteiger partial charge in [-0.3, -0.25) is 14.4 Å². The zero-order valence-corrected chi connectivity index (χ0v) is 13.6. The van der Waals surface area contributed by atoms with E-state index in [0.29, 0.717) is 17.9 Å². The van der Waals surface area contributed by atoms with E-state index in [4.69, 9.17) is 0 Å². The Morgan fingerprint density at radius 2 is 1.78 bits per heavy atom. The Labute approximate surface area is 136 Å². The van der Waals surface area contributed by atoms with E-state index >= 15 is 0 Å². The molecule has 1 aromatic carbocycles. The molecule has 6 heteroatoms. The highest BCUT2D eigenvalue weighted by Crippen LogP contribution is 2.21. The highest BCUT2D eigenvalue weighted by Gasteiger charge is 2.33. The second-order valence-corrected chi connectivity index (χ2v) is 5.84. The highest BCUT2D eigenvalue weighted by atomic mass is 16.2. The van der Waals surface area contributed by atoms with Crippen LogP contribution in [0.25, 0.3) is 0 Å². The fourth-order valence-corrected chi connectivity index (χ4v) is 2.60. The molecule has 124 valence electrons. The van der Waals surface area contributed by atoms with Crippen LogP contribution in [0.4, 0.5) is 11.4 Å². The van der Waals surface area contributed by atoms with E-state index in [2.05, 4.69) is 17.6 Å². The standard InChI is InChI=1S/C17H23N3O3/c1-3-4-9-20-11-13(10-16(20)22)17(23)19-15-7-5-14(6-8-15)18-12(2)21/h5-8,13H,3-4,9-11H2,1-2H3,(H,18,21)(H,19,23). The van der Waals surface area contributed by atoms with Gasteiger partial charge in [0.05, 0.1) is 5.92 Å². The molecule has 3 amide bonds. The number of nitrogens with zero attached hydrogens (tertiary/aromatic N) is 1. The normalized spacial score (nSPS) is 17.2. The van der Waals surface area contributed by atoms with Gasteiger partial charge >= 0.3 is 0 Å². The molecule has 1 aliphatic rings. The molecule has 0 saturated carbocycles. The number of anilines is 2. The molecule has 1 aromatic rings. The number of carbonyl (C=O) groups excluding carboxylic acids is 3. The summed E-state index contributed by atoms with van der Waals surface area (Å²) in [5, 5.41) is 5.50. The monoisotopic (exact) mass is 317 g/mol. The van der Waals surface area contributed by atoms with E-state index in [9.17, 15) is 14.4 Å². The van der Waals surface area contributed by atoms with Gasteiger partial charge in [0.15, 0.2) is 0 Å². The van der Waals surface area contributed by atoms with Crippen LogP contribution in [0, 0.1) is 5.92 Å². The SMILES string of the molecule is CCCCN1CC(C(=O)Nc2ccc(NC(C)=O)cc2)CC1=O. The molecule has 0 spiro atoms. The van der Waals surface area contributed by atoms with Gasteiger partial charge in [0.25, 0.3) is 0 Å². The lowest BCUT2D eigenvalue weighted by molar-refractivity contribution is -0.128. The van der Waals surface area contributed by atoms with Crippen LogP contribution in [-0.2, 0) is 14.4 Å². The Kier molecular flexibility index (Phi) is 5.73.